The van der Waals surface area contributed by atoms with E-state index in [0.717, 1.165) is 14.8 Å². The lowest BCUT2D eigenvalue weighted by molar-refractivity contribution is -0.113. The van der Waals surface area contributed by atoms with Crippen LogP contribution in [0.1, 0.15) is 5.56 Å². The van der Waals surface area contributed by atoms with Crippen LogP contribution in [0.4, 0.5) is 5.69 Å². The minimum absolute atomic E-state index is 0.141. The van der Waals surface area contributed by atoms with Gasteiger partial charge >= 0.3 is 0 Å². The number of amides is 1. The Morgan fingerprint density at radius 2 is 2.32 bits per heavy atom. The fraction of sp³-hybridized carbons (Fsp3) is 0.182. The molecule has 1 aromatic heterocycles. The van der Waals surface area contributed by atoms with Crippen molar-refractivity contribution in [3.05, 3.63) is 33.5 Å². The van der Waals surface area contributed by atoms with Crippen LogP contribution >= 0.6 is 22.6 Å². The molecular formula is C11H11IN4O2S. The third kappa shape index (κ3) is 3.83. The van der Waals surface area contributed by atoms with Crippen molar-refractivity contribution in [3.8, 4) is 0 Å². The van der Waals surface area contributed by atoms with E-state index in [1.165, 1.54) is 6.20 Å². The molecule has 8 heteroatoms. The zero-order valence-corrected chi connectivity index (χ0v) is 13.0. The fourth-order valence-electron chi connectivity index (χ4n) is 1.45. The molecule has 0 saturated carbocycles. The first-order valence-corrected chi connectivity index (χ1v) is 7.76. The summed E-state index contributed by atoms with van der Waals surface area (Å²) < 4.78 is 12.9. The Labute approximate surface area is 126 Å². The number of H-pyrrole nitrogens is 1. The van der Waals surface area contributed by atoms with Gasteiger partial charge in [0, 0.05) is 9.26 Å². The van der Waals surface area contributed by atoms with E-state index in [2.05, 4.69) is 43.3 Å². The Bertz CT molecular complexity index is 615. The maximum atomic E-state index is 11.8. The fourth-order valence-corrected chi connectivity index (χ4v) is 2.87. The van der Waals surface area contributed by atoms with Crippen molar-refractivity contribution in [2.75, 3.05) is 11.1 Å². The van der Waals surface area contributed by atoms with E-state index in [4.69, 9.17) is 0 Å². The summed E-state index contributed by atoms with van der Waals surface area (Å²) >= 11 is 2.20. The van der Waals surface area contributed by atoms with E-state index in [1.807, 2.05) is 25.1 Å². The lowest BCUT2D eigenvalue weighted by Gasteiger charge is -2.08. The Morgan fingerprint density at radius 1 is 1.53 bits per heavy atom. The highest BCUT2D eigenvalue weighted by Crippen LogP contribution is 2.17. The van der Waals surface area contributed by atoms with Gasteiger partial charge in [-0.2, -0.15) is 10.3 Å². The first-order chi connectivity index (χ1) is 9.06. The highest BCUT2D eigenvalue weighted by Gasteiger charge is 2.13. The minimum Gasteiger partial charge on any atom is -0.325 e. The normalized spacial score (nSPS) is 12.1. The third-order valence-electron chi connectivity index (χ3n) is 2.35. The molecule has 0 bridgehead atoms. The van der Waals surface area contributed by atoms with Crippen molar-refractivity contribution in [1.82, 2.24) is 15.4 Å². The van der Waals surface area contributed by atoms with E-state index in [-0.39, 0.29) is 16.7 Å². The molecule has 0 spiro atoms. The molecule has 0 radical (unpaired) electrons. The van der Waals surface area contributed by atoms with E-state index in [0.29, 0.717) is 0 Å². The molecular weight excluding hydrogens is 379 g/mol. The van der Waals surface area contributed by atoms with E-state index in [9.17, 15) is 9.00 Å². The Hall–Kier alpha value is -1.29. The number of aromatic nitrogens is 3. The van der Waals surface area contributed by atoms with Crippen LogP contribution in [0.3, 0.4) is 0 Å². The van der Waals surface area contributed by atoms with Crippen LogP contribution in [-0.2, 0) is 15.6 Å². The quantitative estimate of drug-likeness (QED) is 0.774. The molecule has 2 aromatic rings. The Kier molecular flexibility index (Phi) is 4.64. The van der Waals surface area contributed by atoms with Crippen molar-refractivity contribution in [2.45, 2.75) is 11.9 Å². The number of hydrogen-bond donors (Lipinski definition) is 2. The smallest absolute Gasteiger partial charge is 0.237 e. The number of benzene rings is 1. The first kappa shape index (κ1) is 14.1. The van der Waals surface area contributed by atoms with E-state index >= 15 is 0 Å². The molecule has 0 aliphatic rings. The minimum atomic E-state index is -1.49. The number of carbonyl (C=O) groups is 1. The molecule has 19 heavy (non-hydrogen) atoms. The van der Waals surface area contributed by atoms with Gasteiger partial charge in [0.15, 0.2) is 5.03 Å². The van der Waals surface area contributed by atoms with Gasteiger partial charge in [0.1, 0.15) is 5.75 Å². The van der Waals surface area contributed by atoms with Crippen molar-refractivity contribution in [1.29, 1.82) is 0 Å². The Balaban J connectivity index is 2.00. The van der Waals surface area contributed by atoms with Crippen molar-refractivity contribution < 1.29 is 9.00 Å². The zero-order valence-electron chi connectivity index (χ0n) is 10.0. The van der Waals surface area contributed by atoms with Gasteiger partial charge in [0.05, 0.1) is 17.0 Å². The average molecular weight is 390 g/mol. The van der Waals surface area contributed by atoms with Gasteiger partial charge < -0.3 is 5.32 Å². The second-order valence-electron chi connectivity index (χ2n) is 3.81. The third-order valence-corrected chi connectivity index (χ3v) is 4.21. The van der Waals surface area contributed by atoms with Gasteiger partial charge in [-0.25, -0.2) is 0 Å². The van der Waals surface area contributed by atoms with Crippen LogP contribution in [0, 0.1) is 10.5 Å². The van der Waals surface area contributed by atoms with Gasteiger partial charge in [-0.1, -0.05) is 0 Å². The second kappa shape index (κ2) is 6.24. The summed E-state index contributed by atoms with van der Waals surface area (Å²) in [4.78, 5) is 11.8. The van der Waals surface area contributed by atoms with Gasteiger partial charge in [0.25, 0.3) is 0 Å². The van der Waals surface area contributed by atoms with Crippen LogP contribution in [0.25, 0.3) is 0 Å². The number of hydrogen-bond acceptors (Lipinski definition) is 4. The molecule has 1 atom stereocenters. The highest BCUT2D eigenvalue weighted by molar-refractivity contribution is 14.1. The number of rotatable bonds is 4. The van der Waals surface area contributed by atoms with Crippen molar-refractivity contribution in [2.24, 2.45) is 0 Å². The molecule has 0 saturated heterocycles. The number of nitrogens with one attached hydrogen (secondary N) is 2. The summed E-state index contributed by atoms with van der Waals surface area (Å²) in [6.45, 7) is 1.91. The van der Waals surface area contributed by atoms with Crippen LogP contribution in [0.15, 0.2) is 29.4 Å². The lowest BCUT2D eigenvalue weighted by atomic mass is 10.2. The maximum absolute atomic E-state index is 11.8. The number of aryl methyl sites for hydroxylation is 1. The molecule has 2 rings (SSSR count). The number of aromatic amines is 1. The number of nitrogens with zero attached hydrogens (tertiary/aromatic N) is 2. The summed E-state index contributed by atoms with van der Waals surface area (Å²) in [5.74, 6) is -0.455. The largest absolute Gasteiger partial charge is 0.325 e. The Morgan fingerprint density at radius 3 is 2.95 bits per heavy atom. The molecule has 2 N–H and O–H groups in total. The molecule has 0 unspecified atom stereocenters. The molecule has 100 valence electrons. The zero-order chi connectivity index (χ0) is 13.8. The topological polar surface area (TPSA) is 87.7 Å². The number of anilines is 1. The highest BCUT2D eigenvalue weighted by atomic mass is 127. The summed E-state index contributed by atoms with van der Waals surface area (Å²) in [5, 5.41) is 12.6. The molecule has 1 amide bonds. The average Bonchev–Trinajstić information content (AvgIpc) is 2.86. The molecule has 0 aliphatic carbocycles. The summed E-state index contributed by atoms with van der Waals surface area (Å²) in [7, 11) is -1.49. The van der Waals surface area contributed by atoms with Crippen LogP contribution < -0.4 is 5.32 Å². The molecule has 1 aromatic carbocycles. The van der Waals surface area contributed by atoms with Gasteiger partial charge in [-0.05, 0) is 53.3 Å². The SMILES string of the molecule is Cc1cc(I)ccc1NC(=O)C[S@@](=O)c1cn[nH]n1. The van der Waals surface area contributed by atoms with Crippen molar-refractivity contribution >= 4 is 45.0 Å². The summed E-state index contributed by atoms with van der Waals surface area (Å²) in [6.07, 6.45) is 1.35. The van der Waals surface area contributed by atoms with Gasteiger partial charge in [-0.3, -0.25) is 9.00 Å². The predicted molar refractivity (Wildman–Crippen MR) is 80.2 cm³/mol. The van der Waals surface area contributed by atoms with Gasteiger partial charge in [0.2, 0.25) is 5.91 Å². The van der Waals surface area contributed by atoms with Gasteiger partial charge in [-0.15, -0.1) is 5.10 Å². The predicted octanol–water partition coefficient (Wildman–Crippen LogP) is 1.46. The summed E-state index contributed by atoms with van der Waals surface area (Å²) in [5.41, 5.74) is 1.69. The molecule has 6 nitrogen and oxygen atoms in total. The standard InChI is InChI=1S/C11H11IN4O2S/c1-7-4-8(12)2-3-9(7)14-10(17)6-19(18)11-5-13-16-15-11/h2-5H,6H2,1H3,(H,14,17)(H,13,15,16)/t19-/m1/s1. The molecule has 0 fully saturated rings. The lowest BCUT2D eigenvalue weighted by Crippen LogP contribution is -2.20. The van der Waals surface area contributed by atoms with E-state index < -0.39 is 10.8 Å². The van der Waals surface area contributed by atoms with Crippen LogP contribution in [-0.4, -0.2) is 31.3 Å². The maximum Gasteiger partial charge on any atom is 0.237 e. The van der Waals surface area contributed by atoms with Crippen LogP contribution in [0.5, 0.6) is 0 Å². The first-order valence-electron chi connectivity index (χ1n) is 5.36. The van der Waals surface area contributed by atoms with Crippen molar-refractivity contribution in [3.63, 3.8) is 0 Å². The number of halogens is 1. The van der Waals surface area contributed by atoms with Crippen LogP contribution in [0.2, 0.25) is 0 Å². The second-order valence-corrected chi connectivity index (χ2v) is 6.45. The summed E-state index contributed by atoms with van der Waals surface area (Å²) in [6, 6.07) is 5.69. The molecule has 1 heterocycles. The van der Waals surface area contributed by atoms with E-state index in [1.54, 1.807) is 0 Å². The molecule has 0 aliphatic heterocycles. The number of carbonyl (C=O) groups excluding carboxylic acids is 1. The monoisotopic (exact) mass is 390 g/mol.